The summed E-state index contributed by atoms with van der Waals surface area (Å²) in [6.07, 6.45) is 3.73. The lowest BCUT2D eigenvalue weighted by molar-refractivity contribution is 0.436. The Morgan fingerprint density at radius 2 is 0.722 bits per heavy atom. The molecule has 0 amide bonds. The molecule has 0 N–H and O–H groups in total. The summed E-state index contributed by atoms with van der Waals surface area (Å²) >= 11 is 0. The van der Waals surface area contributed by atoms with Gasteiger partial charge in [-0.2, -0.15) is 0 Å². The van der Waals surface area contributed by atoms with Crippen LogP contribution in [0.4, 0.5) is 5.69 Å². The number of benzene rings is 10. The van der Waals surface area contributed by atoms with Crippen LogP contribution in [-0.2, 0) is 5.41 Å². The van der Waals surface area contributed by atoms with Gasteiger partial charge < -0.3 is 18.4 Å². The Balaban J connectivity index is 0.805. The molecule has 5 aromatic heterocycles. The van der Waals surface area contributed by atoms with Crippen molar-refractivity contribution in [3.8, 4) is 62.2 Å². The van der Waals surface area contributed by atoms with Crippen molar-refractivity contribution in [3.05, 3.63) is 289 Å². The van der Waals surface area contributed by atoms with Crippen molar-refractivity contribution in [1.82, 2.24) is 23.7 Å². The standard InChI is InChI=1S/C72H42N6O/c1-73-48-27-36-67-57(43-48)56-40-45(26-35-66(56)76(67)49-13-3-2-4-14-49)47-24-33-59-69(42-47)79-68-41-46(23-32-58(68)72(59)60-18-11-37-74-70(60)71-61(72)19-12-38-75-71)44-25-34-65-55(39-44)54-17-7-10-22-64(54)78(65)51-30-28-50(29-31-51)77-62-20-8-5-15-52(62)53-16-6-9-21-63(53)77/h2-43H. The molecular formula is C72H42N6O. The number of para-hydroxylation sites is 4. The fourth-order valence-corrected chi connectivity index (χ4v) is 13.5. The number of pyridine rings is 2. The van der Waals surface area contributed by atoms with Crippen LogP contribution in [0.5, 0.6) is 11.5 Å². The van der Waals surface area contributed by atoms with E-state index < -0.39 is 5.41 Å². The SMILES string of the molecule is [C-]#[N+]c1ccc2c(c1)c1cc(-c3ccc4c(c3)Oc3cc(-c5ccc6c(c5)c5ccccc5n6-c5ccc(-n6c7ccccc7c7ccccc76)cc5)ccc3C43c4cccnc4-c4ncccc43)ccc1n2-c1ccccc1. The van der Waals surface area contributed by atoms with E-state index in [-0.39, 0.29) is 0 Å². The van der Waals surface area contributed by atoms with Crippen LogP contribution in [-0.4, -0.2) is 23.7 Å². The van der Waals surface area contributed by atoms with Gasteiger partial charge in [0.15, 0.2) is 5.69 Å². The molecule has 7 nitrogen and oxygen atoms in total. The van der Waals surface area contributed by atoms with Crippen molar-refractivity contribution < 1.29 is 4.74 Å². The zero-order chi connectivity index (χ0) is 51.9. The Morgan fingerprint density at radius 1 is 0.329 bits per heavy atom. The summed E-state index contributed by atoms with van der Waals surface area (Å²) in [4.78, 5) is 13.8. The molecule has 0 radical (unpaired) electrons. The number of nitrogens with zero attached hydrogens (tertiary/aromatic N) is 6. The lowest BCUT2D eigenvalue weighted by Crippen LogP contribution is -2.32. The molecular weight excluding hydrogens is 965 g/mol. The minimum Gasteiger partial charge on any atom is -0.457 e. The van der Waals surface area contributed by atoms with E-state index in [2.05, 4.69) is 231 Å². The average molecular weight is 1010 g/mol. The van der Waals surface area contributed by atoms with Crippen molar-refractivity contribution in [2.75, 3.05) is 0 Å². The van der Waals surface area contributed by atoms with Gasteiger partial charge in [0.2, 0.25) is 0 Å². The lowest BCUT2D eigenvalue weighted by Gasteiger charge is -2.39. The van der Waals surface area contributed by atoms with Crippen molar-refractivity contribution in [1.29, 1.82) is 0 Å². The maximum absolute atomic E-state index is 7.88. The molecule has 0 atom stereocenters. The van der Waals surface area contributed by atoms with Crippen LogP contribution in [0.1, 0.15) is 22.3 Å². The molecule has 15 aromatic rings. The predicted octanol–water partition coefficient (Wildman–Crippen LogP) is 18.1. The first-order chi connectivity index (χ1) is 39.1. The van der Waals surface area contributed by atoms with E-state index in [1.54, 1.807) is 0 Å². The summed E-state index contributed by atoms with van der Waals surface area (Å²) in [5, 5.41) is 6.98. The van der Waals surface area contributed by atoms with Crippen LogP contribution in [0.3, 0.4) is 0 Å². The van der Waals surface area contributed by atoms with E-state index in [0.717, 1.165) is 117 Å². The van der Waals surface area contributed by atoms with Gasteiger partial charge in [0.05, 0.1) is 56.5 Å². The van der Waals surface area contributed by atoms with Gasteiger partial charge in [-0.3, -0.25) is 9.97 Å². The van der Waals surface area contributed by atoms with Gasteiger partial charge in [-0.05, 0) is 154 Å². The highest BCUT2D eigenvalue weighted by molar-refractivity contribution is 6.13. The molecule has 79 heavy (non-hydrogen) atoms. The van der Waals surface area contributed by atoms with Crippen LogP contribution in [0.25, 0.3) is 121 Å². The molecule has 0 unspecified atom stereocenters. The third kappa shape index (κ3) is 6.05. The second kappa shape index (κ2) is 16.3. The van der Waals surface area contributed by atoms with Crippen molar-refractivity contribution in [2.45, 2.75) is 5.41 Å². The predicted molar refractivity (Wildman–Crippen MR) is 320 cm³/mol. The van der Waals surface area contributed by atoms with E-state index in [0.29, 0.717) is 5.69 Å². The summed E-state index contributed by atoms with van der Waals surface area (Å²) in [5.41, 5.74) is 20.2. The fraction of sp³-hybridized carbons (Fsp3) is 0.0139. The van der Waals surface area contributed by atoms with Gasteiger partial charge in [0.25, 0.3) is 0 Å². The summed E-state index contributed by atoms with van der Waals surface area (Å²) in [6.45, 7) is 7.88. The highest BCUT2D eigenvalue weighted by Crippen LogP contribution is 2.62. The highest BCUT2D eigenvalue weighted by atomic mass is 16.5. The maximum atomic E-state index is 7.88. The first-order valence-corrected chi connectivity index (χ1v) is 26.6. The Morgan fingerprint density at radius 3 is 1.23 bits per heavy atom. The first kappa shape index (κ1) is 43.4. The zero-order valence-corrected chi connectivity index (χ0v) is 42.3. The normalized spacial score (nSPS) is 13.0. The third-order valence-electron chi connectivity index (χ3n) is 16.8. The van der Waals surface area contributed by atoms with Gasteiger partial charge in [-0.1, -0.05) is 127 Å². The quantitative estimate of drug-likeness (QED) is 0.161. The Kier molecular flexibility index (Phi) is 8.99. The molecule has 2 aliphatic rings. The fourth-order valence-electron chi connectivity index (χ4n) is 13.5. The maximum Gasteiger partial charge on any atom is 0.188 e. The van der Waals surface area contributed by atoms with E-state index in [4.69, 9.17) is 21.3 Å². The van der Waals surface area contributed by atoms with Crippen LogP contribution in [0.15, 0.2) is 255 Å². The number of aromatic nitrogens is 5. The molecule has 7 heteroatoms. The summed E-state index contributed by atoms with van der Waals surface area (Å²) in [7, 11) is 0. The number of rotatable bonds is 5. The summed E-state index contributed by atoms with van der Waals surface area (Å²) < 4.78 is 14.3. The Labute approximate surface area is 453 Å². The molecule has 1 spiro atoms. The van der Waals surface area contributed by atoms with Crippen LogP contribution >= 0.6 is 0 Å². The zero-order valence-electron chi connectivity index (χ0n) is 42.3. The number of hydrogen-bond acceptors (Lipinski definition) is 3. The molecule has 1 aliphatic carbocycles. The molecule has 0 saturated heterocycles. The van der Waals surface area contributed by atoms with Gasteiger partial charge >= 0.3 is 0 Å². The van der Waals surface area contributed by atoms with Gasteiger partial charge in [-0.15, -0.1) is 0 Å². The molecule has 1 aliphatic heterocycles. The summed E-state index contributed by atoms with van der Waals surface area (Å²) in [5.74, 6) is 1.56. The number of fused-ring (bicyclic) bond motifs is 18. The summed E-state index contributed by atoms with van der Waals surface area (Å²) in [6, 6.07) is 86.9. The molecule has 10 aromatic carbocycles. The van der Waals surface area contributed by atoms with Crippen molar-refractivity contribution in [2.24, 2.45) is 0 Å². The van der Waals surface area contributed by atoms with Crippen LogP contribution < -0.4 is 4.74 Å². The highest BCUT2D eigenvalue weighted by Gasteiger charge is 2.52. The second-order valence-corrected chi connectivity index (χ2v) is 20.8. The van der Waals surface area contributed by atoms with Gasteiger partial charge in [-0.25, -0.2) is 4.85 Å². The first-order valence-electron chi connectivity index (χ1n) is 26.6. The molecule has 0 bridgehead atoms. The van der Waals surface area contributed by atoms with Crippen LogP contribution in [0, 0.1) is 6.57 Å². The lowest BCUT2D eigenvalue weighted by atomic mass is 9.66. The van der Waals surface area contributed by atoms with Crippen molar-refractivity contribution >= 4 is 71.1 Å². The molecule has 366 valence electrons. The molecule has 17 rings (SSSR count). The number of hydrogen-bond donors (Lipinski definition) is 0. The van der Waals surface area contributed by atoms with Gasteiger partial charge in [0, 0.05) is 67.5 Å². The van der Waals surface area contributed by atoms with Crippen molar-refractivity contribution in [3.63, 3.8) is 0 Å². The van der Waals surface area contributed by atoms with E-state index >= 15 is 0 Å². The van der Waals surface area contributed by atoms with E-state index in [1.165, 1.54) is 32.6 Å². The van der Waals surface area contributed by atoms with E-state index in [1.807, 2.05) is 42.7 Å². The molecule has 0 saturated carbocycles. The average Bonchev–Trinajstić information content (AvgIpc) is 4.44. The second-order valence-electron chi connectivity index (χ2n) is 20.8. The smallest absolute Gasteiger partial charge is 0.188 e. The minimum atomic E-state index is -0.745. The largest absolute Gasteiger partial charge is 0.457 e. The van der Waals surface area contributed by atoms with Gasteiger partial charge in [0.1, 0.15) is 11.5 Å². The topological polar surface area (TPSA) is 54.2 Å². The monoisotopic (exact) mass is 1010 g/mol. The third-order valence-corrected chi connectivity index (χ3v) is 16.8. The minimum absolute atomic E-state index is 0.612. The van der Waals surface area contributed by atoms with E-state index in [9.17, 15) is 0 Å². The number of ether oxygens (including phenoxy) is 1. The molecule has 0 fully saturated rings. The molecule has 6 heterocycles. The van der Waals surface area contributed by atoms with Crippen LogP contribution in [0.2, 0.25) is 0 Å². The Hall–Kier alpha value is -10.8. The Bertz CT molecular complexity index is 5030.